The number of allylic oxidation sites excluding steroid dienone is 9. The third-order valence-corrected chi connectivity index (χ3v) is 7.59. The van der Waals surface area contributed by atoms with Crippen molar-refractivity contribution in [2.45, 2.75) is 59.2 Å². The number of nitrogens with zero attached hydrogens (tertiary/aromatic N) is 5. The first-order valence-electron chi connectivity index (χ1n) is 14.5. The van der Waals surface area contributed by atoms with Crippen molar-refractivity contribution in [2.75, 3.05) is 39.3 Å². The molecule has 0 aromatic carbocycles. The van der Waals surface area contributed by atoms with E-state index in [1.54, 1.807) is 6.92 Å². The first kappa shape index (κ1) is 33.8. The lowest BCUT2D eigenvalue weighted by atomic mass is 9.99. The minimum atomic E-state index is -4.37. The Labute approximate surface area is 253 Å². The summed E-state index contributed by atoms with van der Waals surface area (Å²) in [5.41, 5.74) is 3.58. The van der Waals surface area contributed by atoms with Crippen LogP contribution in [0.25, 0.3) is 0 Å². The van der Waals surface area contributed by atoms with Gasteiger partial charge in [0.1, 0.15) is 23.9 Å². The van der Waals surface area contributed by atoms with Crippen LogP contribution in [0.5, 0.6) is 0 Å². The van der Waals surface area contributed by atoms with Crippen molar-refractivity contribution in [3.8, 4) is 6.07 Å². The lowest BCUT2D eigenvalue weighted by molar-refractivity contribution is -0.0914. The number of nitriles is 1. The Morgan fingerprint density at radius 3 is 2.53 bits per heavy atom. The van der Waals surface area contributed by atoms with E-state index in [2.05, 4.69) is 47.6 Å². The number of ether oxygens (including phenoxy) is 1. The second kappa shape index (κ2) is 15.7. The van der Waals surface area contributed by atoms with Crippen LogP contribution >= 0.6 is 0 Å². The van der Waals surface area contributed by atoms with Crippen molar-refractivity contribution in [3.63, 3.8) is 0 Å². The largest absolute Gasteiger partial charge is 0.487 e. The number of halogens is 3. The minimum Gasteiger partial charge on any atom is -0.487 e. The maximum Gasteiger partial charge on any atom is 0.413 e. The molecule has 1 fully saturated rings. The molecule has 1 unspecified atom stereocenters. The number of amidine groups is 1. The highest BCUT2D eigenvalue weighted by Gasteiger charge is 2.30. The number of rotatable bonds is 10. The average Bonchev–Trinajstić information content (AvgIpc) is 3.30. The van der Waals surface area contributed by atoms with Gasteiger partial charge in [-0.3, -0.25) is 9.89 Å². The number of piperazine rings is 1. The van der Waals surface area contributed by atoms with E-state index in [1.807, 2.05) is 35.3 Å². The molecule has 3 rings (SSSR count). The Bertz CT molecular complexity index is 1310. The molecule has 232 valence electrons. The molecule has 0 amide bonds. The van der Waals surface area contributed by atoms with E-state index in [9.17, 15) is 23.5 Å². The number of alkyl halides is 3. The molecule has 1 atom stereocenters. The zero-order valence-corrected chi connectivity index (χ0v) is 25.5. The molecule has 0 radical (unpaired) electrons. The van der Waals surface area contributed by atoms with E-state index in [-0.39, 0.29) is 5.92 Å². The van der Waals surface area contributed by atoms with E-state index in [1.165, 1.54) is 0 Å². The number of aliphatic hydroxyl groups excluding tert-OH is 1. The van der Waals surface area contributed by atoms with Crippen LogP contribution in [0.15, 0.2) is 92.0 Å². The molecule has 43 heavy (non-hydrogen) atoms. The van der Waals surface area contributed by atoms with Crippen LogP contribution in [0.3, 0.4) is 0 Å². The SMILES string of the molecule is C=NC1=CCC(C#N)=CC(C(C)C)=C1OCC1=CC=C(CC(O)CN2CCN(C(C)=N/C=C(\C)C(F)(F)F)CC2)C=CC1. The van der Waals surface area contributed by atoms with Crippen molar-refractivity contribution >= 4 is 12.6 Å². The summed E-state index contributed by atoms with van der Waals surface area (Å²) in [4.78, 5) is 12.3. The van der Waals surface area contributed by atoms with Gasteiger partial charge < -0.3 is 14.7 Å². The Morgan fingerprint density at radius 1 is 1.19 bits per heavy atom. The van der Waals surface area contributed by atoms with Crippen molar-refractivity contribution in [2.24, 2.45) is 15.9 Å². The normalized spacial score (nSPS) is 20.0. The lowest BCUT2D eigenvalue weighted by Crippen LogP contribution is -2.49. The number of hydrogen-bond acceptors (Lipinski definition) is 6. The highest BCUT2D eigenvalue weighted by atomic mass is 19.4. The highest BCUT2D eigenvalue weighted by molar-refractivity contribution is 5.80. The zero-order chi connectivity index (χ0) is 31.6. The lowest BCUT2D eigenvalue weighted by Gasteiger charge is -2.36. The predicted octanol–water partition coefficient (Wildman–Crippen LogP) is 6.42. The fraction of sp³-hybridized carbons (Fsp3) is 0.485. The molecule has 0 spiro atoms. The van der Waals surface area contributed by atoms with Gasteiger partial charge >= 0.3 is 6.18 Å². The van der Waals surface area contributed by atoms with Gasteiger partial charge in [-0.05, 0) is 68.2 Å². The number of β-amino-alcohol motifs (C(OH)–C–C–N with tert-alkyl or cyclic N) is 1. The van der Waals surface area contributed by atoms with E-state index < -0.39 is 17.9 Å². The zero-order valence-electron chi connectivity index (χ0n) is 25.5. The smallest absolute Gasteiger partial charge is 0.413 e. The molecule has 10 heteroatoms. The Kier molecular flexibility index (Phi) is 12.3. The summed E-state index contributed by atoms with van der Waals surface area (Å²) in [6.45, 7) is 14.1. The van der Waals surface area contributed by atoms with Gasteiger partial charge in [0.05, 0.1) is 12.2 Å². The van der Waals surface area contributed by atoms with Crippen LogP contribution in [-0.2, 0) is 4.74 Å². The second-order valence-corrected chi connectivity index (χ2v) is 11.3. The molecule has 3 aliphatic rings. The van der Waals surface area contributed by atoms with Gasteiger partial charge in [0.25, 0.3) is 0 Å². The third kappa shape index (κ3) is 10.2. The van der Waals surface area contributed by atoms with Crippen LogP contribution in [0.2, 0.25) is 0 Å². The Morgan fingerprint density at radius 2 is 1.91 bits per heavy atom. The van der Waals surface area contributed by atoms with Gasteiger partial charge in [-0.25, -0.2) is 4.99 Å². The summed E-state index contributed by atoms with van der Waals surface area (Å²) in [5, 5.41) is 20.3. The van der Waals surface area contributed by atoms with Crippen molar-refractivity contribution in [1.29, 1.82) is 5.26 Å². The van der Waals surface area contributed by atoms with Crippen LogP contribution in [0, 0.1) is 17.2 Å². The van der Waals surface area contributed by atoms with E-state index in [0.29, 0.717) is 81.5 Å². The summed E-state index contributed by atoms with van der Waals surface area (Å²) in [5.74, 6) is 1.34. The Balaban J connectivity index is 1.55. The van der Waals surface area contributed by atoms with Gasteiger partial charge in [-0.15, -0.1) is 0 Å². The first-order valence-corrected chi connectivity index (χ1v) is 14.5. The van der Waals surface area contributed by atoms with E-state index in [0.717, 1.165) is 29.8 Å². The minimum absolute atomic E-state index is 0.141. The number of hydrogen-bond donors (Lipinski definition) is 1. The molecular weight excluding hydrogens is 555 g/mol. The highest BCUT2D eigenvalue weighted by Crippen LogP contribution is 2.30. The van der Waals surface area contributed by atoms with Gasteiger partial charge in [0, 0.05) is 56.5 Å². The quantitative estimate of drug-likeness (QED) is 0.232. The molecule has 0 saturated carbocycles. The maximum absolute atomic E-state index is 12.7. The summed E-state index contributed by atoms with van der Waals surface area (Å²) < 4.78 is 44.4. The summed E-state index contributed by atoms with van der Waals surface area (Å²) >= 11 is 0. The van der Waals surface area contributed by atoms with Gasteiger partial charge in [-0.1, -0.05) is 38.2 Å². The fourth-order valence-corrected chi connectivity index (χ4v) is 4.91. The molecule has 0 bridgehead atoms. The molecule has 2 aliphatic carbocycles. The van der Waals surface area contributed by atoms with Crippen LogP contribution < -0.4 is 0 Å². The second-order valence-electron chi connectivity index (χ2n) is 11.3. The summed E-state index contributed by atoms with van der Waals surface area (Å²) in [6.07, 6.45) is 9.55. The number of aliphatic hydroxyl groups is 1. The van der Waals surface area contributed by atoms with Crippen LogP contribution in [-0.4, -0.2) is 79.1 Å². The maximum atomic E-state index is 12.7. The van der Waals surface area contributed by atoms with Crippen molar-refractivity contribution in [1.82, 2.24) is 9.80 Å². The molecule has 1 aliphatic heterocycles. The first-order chi connectivity index (χ1) is 20.4. The molecule has 1 N–H and O–H groups in total. The third-order valence-electron chi connectivity index (χ3n) is 7.59. The average molecular weight is 598 g/mol. The summed E-state index contributed by atoms with van der Waals surface area (Å²) in [7, 11) is 0. The van der Waals surface area contributed by atoms with Crippen molar-refractivity contribution in [3.05, 3.63) is 82.0 Å². The molecule has 0 aromatic rings. The molecule has 1 heterocycles. The van der Waals surface area contributed by atoms with Crippen LogP contribution in [0.4, 0.5) is 13.2 Å². The predicted molar refractivity (Wildman–Crippen MR) is 165 cm³/mol. The van der Waals surface area contributed by atoms with Gasteiger partial charge in [0.15, 0.2) is 0 Å². The van der Waals surface area contributed by atoms with E-state index >= 15 is 0 Å². The molecule has 7 nitrogen and oxygen atoms in total. The topological polar surface area (TPSA) is 84.4 Å². The number of aliphatic imine (C=N–C) groups is 2. The van der Waals surface area contributed by atoms with E-state index in [4.69, 9.17) is 4.74 Å². The summed E-state index contributed by atoms with van der Waals surface area (Å²) in [6, 6.07) is 2.24. The standard InChI is InChI=1S/C33H42F3N5O2/c1-23(2)30-18-28(19-37)11-12-31(38-5)32(30)43-22-27-8-6-7-26(9-10-27)17-29(42)21-40-13-15-41(16-14-40)25(4)39-20-24(3)33(34,35)36/h6-7,9-10,12,18,20,23,29,42H,5,8,11,13-17,21-22H2,1-4H3/b24-20+,39-25?. The van der Waals surface area contributed by atoms with Crippen LogP contribution in [0.1, 0.15) is 47.0 Å². The van der Waals surface area contributed by atoms with Gasteiger partial charge in [0.2, 0.25) is 0 Å². The molecular formula is C33H42F3N5O2. The van der Waals surface area contributed by atoms with Gasteiger partial charge in [-0.2, -0.15) is 18.4 Å². The monoisotopic (exact) mass is 597 g/mol. The molecule has 0 aromatic heterocycles. The molecule has 1 saturated heterocycles. The fourth-order valence-electron chi connectivity index (χ4n) is 4.91. The van der Waals surface area contributed by atoms with Crippen molar-refractivity contribution < 1.29 is 23.0 Å². The Hall–Kier alpha value is -3.68.